The van der Waals surface area contributed by atoms with E-state index in [-0.39, 0.29) is 35.9 Å². The van der Waals surface area contributed by atoms with Crippen LogP contribution in [0.1, 0.15) is 24.8 Å². The number of fused-ring (bicyclic) bond motifs is 1. The Morgan fingerprint density at radius 3 is 2.81 bits per heavy atom. The first-order valence-corrected chi connectivity index (χ1v) is 12.4. The van der Waals surface area contributed by atoms with Crippen LogP contribution in [0.2, 0.25) is 0 Å². The molecule has 0 aromatic heterocycles. The van der Waals surface area contributed by atoms with Crippen LogP contribution >= 0.6 is 0 Å². The van der Waals surface area contributed by atoms with Crippen molar-refractivity contribution in [3.05, 3.63) is 59.7 Å². The highest BCUT2D eigenvalue weighted by Crippen LogP contribution is 2.36. The Morgan fingerprint density at radius 2 is 2.03 bits per heavy atom. The zero-order valence-corrected chi connectivity index (χ0v) is 21.1. The molecule has 2 aromatic rings. The normalized spacial score (nSPS) is 20.0. The van der Waals surface area contributed by atoms with Gasteiger partial charge in [-0.25, -0.2) is 8.78 Å². The summed E-state index contributed by atoms with van der Waals surface area (Å²) >= 11 is 0. The third-order valence-corrected chi connectivity index (χ3v) is 7.03. The highest BCUT2D eigenvalue weighted by molar-refractivity contribution is 5.98. The van der Waals surface area contributed by atoms with E-state index in [9.17, 15) is 18.4 Å². The molecule has 2 aromatic carbocycles. The molecule has 0 spiro atoms. The monoisotopic (exact) mass is 514 g/mol. The zero-order valence-electron chi connectivity index (χ0n) is 21.1. The first kappa shape index (κ1) is 26.6. The number of halogens is 2. The molecule has 4 rings (SSSR count). The SMILES string of the molecule is COC(=O)C1CN(CC=Cc2cc(F)ccc2F)CCC1CCCN1C(=O)COc2ccc(OC)cc21. The van der Waals surface area contributed by atoms with E-state index in [2.05, 4.69) is 4.90 Å². The van der Waals surface area contributed by atoms with Crippen LogP contribution in [0.25, 0.3) is 6.08 Å². The number of nitrogens with zero attached hydrogens (tertiary/aromatic N) is 2. The lowest BCUT2D eigenvalue weighted by atomic mass is 9.82. The minimum absolute atomic E-state index is 0.00442. The number of benzene rings is 2. The molecule has 0 saturated carbocycles. The molecule has 0 radical (unpaired) electrons. The topological polar surface area (TPSA) is 68.3 Å². The third-order valence-electron chi connectivity index (χ3n) is 7.03. The molecule has 0 N–H and O–H groups in total. The number of piperidine rings is 1. The summed E-state index contributed by atoms with van der Waals surface area (Å²) < 4.78 is 43.2. The average molecular weight is 515 g/mol. The van der Waals surface area contributed by atoms with E-state index < -0.39 is 11.6 Å². The first-order valence-electron chi connectivity index (χ1n) is 12.4. The van der Waals surface area contributed by atoms with Crippen LogP contribution in [0.15, 0.2) is 42.5 Å². The van der Waals surface area contributed by atoms with E-state index in [0.29, 0.717) is 36.8 Å². The smallest absolute Gasteiger partial charge is 0.310 e. The standard InChI is InChI=1S/C28H32F2N2O5/c1-35-22-8-10-26-25(16-22)32(27(33)18-37-26)13-4-5-19-11-14-31(17-23(19)28(34)36-2)12-3-6-20-15-21(29)7-9-24(20)30/h3,6-10,15-16,19,23H,4-5,11-14,17-18H2,1-2H3. The van der Waals surface area contributed by atoms with E-state index in [4.69, 9.17) is 14.2 Å². The Morgan fingerprint density at radius 1 is 1.19 bits per heavy atom. The number of anilines is 1. The van der Waals surface area contributed by atoms with E-state index >= 15 is 0 Å². The maximum absolute atomic E-state index is 13.9. The van der Waals surface area contributed by atoms with Crippen molar-refractivity contribution in [1.82, 2.24) is 4.90 Å². The summed E-state index contributed by atoms with van der Waals surface area (Å²) in [5, 5.41) is 0. The van der Waals surface area contributed by atoms with Gasteiger partial charge >= 0.3 is 5.97 Å². The number of hydrogen-bond donors (Lipinski definition) is 0. The fourth-order valence-electron chi connectivity index (χ4n) is 5.03. The molecule has 2 unspecified atom stereocenters. The van der Waals surface area contributed by atoms with Gasteiger partial charge in [0.25, 0.3) is 5.91 Å². The maximum atomic E-state index is 13.9. The van der Waals surface area contributed by atoms with Gasteiger partial charge in [0.2, 0.25) is 0 Å². The number of esters is 1. The van der Waals surface area contributed by atoms with Crippen molar-refractivity contribution in [1.29, 1.82) is 0 Å². The number of likely N-dealkylation sites (tertiary alicyclic amines) is 1. The van der Waals surface area contributed by atoms with Crippen molar-refractivity contribution in [2.45, 2.75) is 19.3 Å². The fourth-order valence-corrected chi connectivity index (χ4v) is 5.03. The minimum atomic E-state index is -0.492. The Kier molecular flexibility index (Phi) is 8.76. The molecule has 37 heavy (non-hydrogen) atoms. The van der Waals surface area contributed by atoms with Gasteiger partial charge in [0, 0.05) is 31.3 Å². The molecule has 198 valence electrons. The summed E-state index contributed by atoms with van der Waals surface area (Å²) in [5.41, 5.74) is 0.882. The van der Waals surface area contributed by atoms with E-state index in [1.807, 2.05) is 0 Å². The predicted molar refractivity (Wildman–Crippen MR) is 136 cm³/mol. The molecule has 2 atom stereocenters. The molecule has 0 bridgehead atoms. The number of hydrogen-bond acceptors (Lipinski definition) is 6. The van der Waals surface area contributed by atoms with Gasteiger partial charge in [-0.1, -0.05) is 12.2 Å². The molecule has 1 saturated heterocycles. The molecular weight excluding hydrogens is 482 g/mol. The van der Waals surface area contributed by atoms with Crippen LogP contribution in [-0.2, 0) is 14.3 Å². The molecule has 0 aliphatic carbocycles. The Balaban J connectivity index is 1.35. The predicted octanol–water partition coefficient (Wildman–Crippen LogP) is 4.30. The van der Waals surface area contributed by atoms with Crippen molar-refractivity contribution in [2.24, 2.45) is 11.8 Å². The highest BCUT2D eigenvalue weighted by atomic mass is 19.1. The summed E-state index contributed by atoms with van der Waals surface area (Å²) in [6, 6.07) is 8.74. The van der Waals surface area contributed by atoms with E-state index in [1.54, 1.807) is 42.4 Å². The minimum Gasteiger partial charge on any atom is -0.497 e. The summed E-state index contributed by atoms with van der Waals surface area (Å²) in [6.45, 7) is 2.31. The molecule has 2 heterocycles. The number of rotatable bonds is 9. The Hall–Kier alpha value is -3.46. The first-order chi connectivity index (χ1) is 17.9. The van der Waals surface area contributed by atoms with Crippen molar-refractivity contribution in [3.8, 4) is 11.5 Å². The molecule has 9 heteroatoms. The quantitative estimate of drug-likeness (QED) is 0.465. The number of carbonyl (C=O) groups is 2. The van der Waals surface area contributed by atoms with Gasteiger partial charge in [-0.2, -0.15) is 0 Å². The van der Waals surface area contributed by atoms with Gasteiger partial charge in [0.1, 0.15) is 23.1 Å². The van der Waals surface area contributed by atoms with Crippen LogP contribution in [0.3, 0.4) is 0 Å². The zero-order chi connectivity index (χ0) is 26.4. The van der Waals surface area contributed by atoms with Gasteiger partial charge in [-0.05, 0) is 62.1 Å². The van der Waals surface area contributed by atoms with Crippen molar-refractivity contribution in [2.75, 3.05) is 51.9 Å². The summed E-state index contributed by atoms with van der Waals surface area (Å²) in [4.78, 5) is 29.0. The van der Waals surface area contributed by atoms with Crippen LogP contribution in [0.5, 0.6) is 11.5 Å². The molecule has 1 amide bonds. The van der Waals surface area contributed by atoms with Crippen LogP contribution < -0.4 is 14.4 Å². The van der Waals surface area contributed by atoms with Crippen molar-refractivity contribution < 1.29 is 32.6 Å². The second kappa shape index (κ2) is 12.2. The Labute approximate surface area is 215 Å². The second-order valence-electron chi connectivity index (χ2n) is 9.32. The average Bonchev–Trinajstić information content (AvgIpc) is 2.91. The van der Waals surface area contributed by atoms with E-state index in [1.165, 1.54) is 7.11 Å². The number of ether oxygens (including phenoxy) is 3. The van der Waals surface area contributed by atoms with Gasteiger partial charge in [-0.15, -0.1) is 0 Å². The van der Waals surface area contributed by atoms with E-state index in [0.717, 1.165) is 44.0 Å². The molecule has 2 aliphatic rings. The second-order valence-corrected chi connectivity index (χ2v) is 9.32. The number of amides is 1. The van der Waals surface area contributed by atoms with Gasteiger partial charge in [0.05, 0.1) is 25.8 Å². The van der Waals surface area contributed by atoms with Gasteiger partial charge in [-0.3, -0.25) is 14.5 Å². The van der Waals surface area contributed by atoms with Crippen LogP contribution in [0.4, 0.5) is 14.5 Å². The molecule has 2 aliphatic heterocycles. The largest absolute Gasteiger partial charge is 0.497 e. The summed E-state index contributed by atoms with van der Waals surface area (Å²) in [6.07, 6.45) is 5.62. The molecular formula is C28H32F2N2O5. The third kappa shape index (κ3) is 6.46. The van der Waals surface area contributed by atoms with Gasteiger partial charge < -0.3 is 19.1 Å². The van der Waals surface area contributed by atoms with Crippen LogP contribution in [-0.4, -0.2) is 63.8 Å². The summed E-state index contributed by atoms with van der Waals surface area (Å²) in [7, 11) is 2.97. The lowest BCUT2D eigenvalue weighted by Crippen LogP contribution is -2.44. The number of methoxy groups -OCH3 is 2. The maximum Gasteiger partial charge on any atom is 0.310 e. The van der Waals surface area contributed by atoms with Gasteiger partial charge in [0.15, 0.2) is 6.61 Å². The summed E-state index contributed by atoms with van der Waals surface area (Å²) in [5.74, 6) is -0.228. The lowest BCUT2D eigenvalue weighted by molar-refractivity contribution is -0.149. The fraction of sp³-hybridized carbons (Fsp3) is 0.429. The van der Waals surface area contributed by atoms with Crippen molar-refractivity contribution in [3.63, 3.8) is 0 Å². The Bertz CT molecular complexity index is 1160. The van der Waals surface area contributed by atoms with Crippen molar-refractivity contribution >= 4 is 23.6 Å². The number of carbonyl (C=O) groups excluding carboxylic acids is 2. The molecule has 7 nitrogen and oxygen atoms in total. The highest BCUT2D eigenvalue weighted by Gasteiger charge is 2.35. The lowest BCUT2D eigenvalue weighted by Gasteiger charge is -2.37. The molecule has 1 fully saturated rings. The van der Waals surface area contributed by atoms with Crippen LogP contribution in [0, 0.1) is 23.5 Å².